The molecule has 2 aliphatic rings. The van der Waals surface area contributed by atoms with Crippen molar-refractivity contribution in [2.75, 3.05) is 30.9 Å². The Balaban J connectivity index is 1.70. The Bertz CT molecular complexity index is 1000. The fourth-order valence-electron chi connectivity index (χ4n) is 4.00. The van der Waals surface area contributed by atoms with E-state index in [0.717, 1.165) is 31.9 Å². The third-order valence-corrected chi connectivity index (χ3v) is 7.76. The molecule has 0 radical (unpaired) electrons. The highest BCUT2D eigenvalue weighted by molar-refractivity contribution is 7.88. The summed E-state index contributed by atoms with van der Waals surface area (Å²) in [5, 5.41) is 0.379. The van der Waals surface area contributed by atoms with Crippen LogP contribution in [-0.4, -0.2) is 61.7 Å². The lowest BCUT2D eigenvalue weighted by Crippen LogP contribution is -2.54. The number of thiazole rings is 1. The summed E-state index contributed by atoms with van der Waals surface area (Å²) in [6.45, 7) is 1.26. The SMILES string of the molecule is CS(=O)(=O)N1CCCC[C@@H]1C(=O)N(C[C@H]1CCCO1)c1nc2c(F)cccc2s1. The summed E-state index contributed by atoms with van der Waals surface area (Å²) in [6, 6.07) is 3.94. The molecule has 0 saturated carbocycles. The average molecular weight is 442 g/mol. The van der Waals surface area contributed by atoms with E-state index in [1.54, 1.807) is 12.1 Å². The molecule has 1 aromatic heterocycles. The van der Waals surface area contributed by atoms with Crippen molar-refractivity contribution in [1.29, 1.82) is 0 Å². The Hall–Kier alpha value is -1.62. The van der Waals surface area contributed by atoms with Crippen LogP contribution in [0.5, 0.6) is 0 Å². The minimum Gasteiger partial charge on any atom is -0.376 e. The third-order valence-electron chi connectivity index (χ3n) is 5.43. The minimum atomic E-state index is -3.52. The number of hydrogen-bond donors (Lipinski definition) is 0. The minimum absolute atomic E-state index is 0.133. The second-order valence-electron chi connectivity index (χ2n) is 7.55. The second kappa shape index (κ2) is 8.25. The molecule has 0 bridgehead atoms. The molecule has 1 aromatic carbocycles. The van der Waals surface area contributed by atoms with Gasteiger partial charge in [-0.15, -0.1) is 0 Å². The second-order valence-corrected chi connectivity index (χ2v) is 10.5. The molecular weight excluding hydrogens is 417 g/mol. The molecule has 0 aliphatic carbocycles. The monoisotopic (exact) mass is 441 g/mol. The number of rotatable bonds is 5. The van der Waals surface area contributed by atoms with Gasteiger partial charge < -0.3 is 4.74 Å². The fraction of sp³-hybridized carbons (Fsp3) is 0.579. The number of sulfonamides is 1. The van der Waals surface area contributed by atoms with Gasteiger partial charge in [-0.1, -0.05) is 23.8 Å². The van der Waals surface area contributed by atoms with E-state index in [0.29, 0.717) is 29.4 Å². The fourth-order valence-corrected chi connectivity index (χ4v) is 6.11. The summed E-state index contributed by atoms with van der Waals surface area (Å²) in [7, 11) is -3.52. The van der Waals surface area contributed by atoms with Crippen LogP contribution < -0.4 is 4.90 Å². The van der Waals surface area contributed by atoms with Crippen LogP contribution >= 0.6 is 11.3 Å². The maximum Gasteiger partial charge on any atom is 0.247 e. The zero-order valence-corrected chi connectivity index (χ0v) is 17.8. The van der Waals surface area contributed by atoms with E-state index in [2.05, 4.69) is 4.98 Å². The number of fused-ring (bicyclic) bond motifs is 1. The lowest BCUT2D eigenvalue weighted by Gasteiger charge is -2.35. The quantitative estimate of drug-likeness (QED) is 0.713. The summed E-state index contributed by atoms with van der Waals surface area (Å²) in [5.41, 5.74) is 0.223. The predicted octanol–water partition coefficient (Wildman–Crippen LogP) is 2.76. The van der Waals surface area contributed by atoms with Gasteiger partial charge >= 0.3 is 0 Å². The van der Waals surface area contributed by atoms with Crippen LogP contribution in [0.1, 0.15) is 32.1 Å². The molecule has 2 atom stereocenters. The van der Waals surface area contributed by atoms with Crippen molar-refractivity contribution in [1.82, 2.24) is 9.29 Å². The topological polar surface area (TPSA) is 79.8 Å². The Morgan fingerprint density at radius 2 is 2.17 bits per heavy atom. The van der Waals surface area contributed by atoms with Crippen molar-refractivity contribution in [2.45, 2.75) is 44.2 Å². The van der Waals surface area contributed by atoms with Gasteiger partial charge in [0.15, 0.2) is 5.13 Å². The van der Waals surface area contributed by atoms with Gasteiger partial charge in [-0.25, -0.2) is 17.8 Å². The molecule has 2 fully saturated rings. The highest BCUT2D eigenvalue weighted by Gasteiger charge is 2.39. The molecule has 4 rings (SSSR count). The van der Waals surface area contributed by atoms with Crippen LogP contribution in [0.3, 0.4) is 0 Å². The molecule has 0 N–H and O–H groups in total. The van der Waals surface area contributed by atoms with Gasteiger partial charge in [0.25, 0.3) is 0 Å². The summed E-state index contributed by atoms with van der Waals surface area (Å²) in [4.78, 5) is 19.4. The van der Waals surface area contributed by atoms with Crippen molar-refractivity contribution < 1.29 is 22.3 Å². The Labute approximate surface area is 173 Å². The molecule has 29 heavy (non-hydrogen) atoms. The molecule has 10 heteroatoms. The first-order valence-corrected chi connectivity index (χ1v) is 12.5. The van der Waals surface area contributed by atoms with Gasteiger partial charge in [0.2, 0.25) is 15.9 Å². The van der Waals surface area contributed by atoms with Crippen LogP contribution in [-0.2, 0) is 19.6 Å². The van der Waals surface area contributed by atoms with Crippen molar-refractivity contribution in [2.24, 2.45) is 0 Å². The van der Waals surface area contributed by atoms with Gasteiger partial charge in [-0.3, -0.25) is 9.69 Å². The van der Waals surface area contributed by atoms with Crippen LogP contribution in [0, 0.1) is 5.82 Å². The Morgan fingerprint density at radius 3 is 2.86 bits per heavy atom. The van der Waals surface area contributed by atoms with Crippen LogP contribution in [0.25, 0.3) is 10.2 Å². The normalized spacial score (nSPS) is 23.5. The van der Waals surface area contributed by atoms with Gasteiger partial charge in [-0.2, -0.15) is 4.31 Å². The van der Waals surface area contributed by atoms with E-state index >= 15 is 0 Å². The average Bonchev–Trinajstić information content (AvgIpc) is 3.35. The lowest BCUT2D eigenvalue weighted by molar-refractivity contribution is -0.123. The smallest absolute Gasteiger partial charge is 0.247 e. The lowest BCUT2D eigenvalue weighted by atomic mass is 10.0. The number of carbonyl (C=O) groups is 1. The van der Waals surface area contributed by atoms with Gasteiger partial charge in [0.05, 0.1) is 23.6 Å². The molecule has 158 valence electrons. The highest BCUT2D eigenvalue weighted by atomic mass is 32.2. The van der Waals surface area contributed by atoms with Gasteiger partial charge in [0.1, 0.15) is 17.4 Å². The number of halogens is 1. The van der Waals surface area contributed by atoms with Crippen molar-refractivity contribution >= 4 is 42.6 Å². The maximum atomic E-state index is 14.2. The zero-order chi connectivity index (χ0) is 20.6. The van der Waals surface area contributed by atoms with E-state index in [-0.39, 0.29) is 24.1 Å². The molecular formula is C19H24FN3O4S2. The van der Waals surface area contributed by atoms with Gasteiger partial charge in [-0.05, 0) is 37.8 Å². The highest BCUT2D eigenvalue weighted by Crippen LogP contribution is 2.33. The molecule has 0 unspecified atom stereocenters. The van der Waals surface area contributed by atoms with E-state index in [9.17, 15) is 17.6 Å². The van der Waals surface area contributed by atoms with E-state index in [1.807, 2.05) is 0 Å². The summed E-state index contributed by atoms with van der Waals surface area (Å²) < 4.78 is 46.3. The number of benzene rings is 1. The van der Waals surface area contributed by atoms with E-state index in [1.165, 1.54) is 26.6 Å². The first-order chi connectivity index (χ1) is 13.8. The number of ether oxygens (including phenoxy) is 1. The Kier molecular flexibility index (Phi) is 5.87. The molecule has 7 nitrogen and oxygen atoms in total. The van der Waals surface area contributed by atoms with Crippen molar-refractivity contribution in [3.8, 4) is 0 Å². The number of hydrogen-bond acceptors (Lipinski definition) is 6. The standard InChI is InChI=1S/C19H24FN3O4S2/c1-29(25,26)23-10-3-2-8-15(23)18(24)22(12-13-6-5-11-27-13)19-21-17-14(20)7-4-9-16(17)28-19/h4,7,9,13,15H,2-3,5-6,8,10-12H2,1H3/t13-,15-/m1/s1. The van der Waals surface area contributed by atoms with Crippen molar-refractivity contribution in [3.05, 3.63) is 24.0 Å². The van der Waals surface area contributed by atoms with Gasteiger partial charge in [0, 0.05) is 13.2 Å². The predicted molar refractivity (Wildman–Crippen MR) is 110 cm³/mol. The number of amides is 1. The van der Waals surface area contributed by atoms with Crippen LogP contribution in [0.15, 0.2) is 18.2 Å². The summed E-state index contributed by atoms with van der Waals surface area (Å²) >= 11 is 1.23. The number of nitrogens with zero attached hydrogens (tertiary/aromatic N) is 3. The Morgan fingerprint density at radius 1 is 1.34 bits per heavy atom. The van der Waals surface area contributed by atoms with Crippen LogP contribution in [0.2, 0.25) is 0 Å². The van der Waals surface area contributed by atoms with E-state index < -0.39 is 21.9 Å². The number of para-hydroxylation sites is 1. The third kappa shape index (κ3) is 4.30. The zero-order valence-electron chi connectivity index (χ0n) is 16.2. The molecule has 3 heterocycles. The number of anilines is 1. The molecule has 2 aromatic rings. The largest absolute Gasteiger partial charge is 0.376 e. The summed E-state index contributed by atoms with van der Waals surface area (Å²) in [5.74, 6) is -0.755. The van der Waals surface area contributed by atoms with E-state index in [4.69, 9.17) is 4.74 Å². The maximum absolute atomic E-state index is 14.2. The molecule has 1 amide bonds. The van der Waals surface area contributed by atoms with Crippen LogP contribution in [0.4, 0.5) is 9.52 Å². The first-order valence-electron chi connectivity index (χ1n) is 9.79. The molecule has 0 spiro atoms. The van der Waals surface area contributed by atoms with Crippen molar-refractivity contribution in [3.63, 3.8) is 0 Å². The number of carbonyl (C=O) groups excluding carboxylic acids is 1. The number of piperidine rings is 1. The molecule has 2 saturated heterocycles. The molecule has 2 aliphatic heterocycles. The summed E-state index contributed by atoms with van der Waals surface area (Å²) in [6.07, 6.45) is 4.72. The number of aromatic nitrogens is 1. The first kappa shape index (κ1) is 20.6.